The fourth-order valence-corrected chi connectivity index (χ4v) is 4.11. The van der Waals surface area contributed by atoms with E-state index in [1.807, 2.05) is 0 Å². The summed E-state index contributed by atoms with van der Waals surface area (Å²) in [5.41, 5.74) is 1.14. The summed E-state index contributed by atoms with van der Waals surface area (Å²) in [6.45, 7) is 3.62. The Labute approximate surface area is 203 Å². The largest absolute Gasteiger partial charge is 0.493 e. The molecular weight excluding hydrogens is 458 g/mol. The molecule has 2 aromatic carbocycles. The van der Waals surface area contributed by atoms with Crippen LogP contribution in [0, 0.1) is 0 Å². The van der Waals surface area contributed by atoms with Gasteiger partial charge in [-0.25, -0.2) is 14.8 Å². The molecule has 0 spiro atoms. The minimum Gasteiger partial charge on any atom is -0.493 e. The van der Waals surface area contributed by atoms with E-state index in [1.165, 1.54) is 25.6 Å². The number of anilines is 1. The molecule has 2 N–H and O–H groups in total. The highest BCUT2D eigenvalue weighted by atomic mass is 35.5. The molecule has 2 amide bonds. The number of nitrogens with one attached hydrogen (secondary N) is 2. The average molecular weight is 486 g/mol. The van der Waals surface area contributed by atoms with Gasteiger partial charge in [0.15, 0.2) is 11.5 Å². The zero-order valence-electron chi connectivity index (χ0n) is 19.3. The number of fused-ring (bicyclic) bond motifs is 1. The molecule has 2 heterocycles. The van der Waals surface area contributed by atoms with Crippen LogP contribution in [0.15, 0.2) is 36.7 Å². The van der Waals surface area contributed by atoms with Crippen molar-refractivity contribution < 1.29 is 19.0 Å². The van der Waals surface area contributed by atoms with Crippen molar-refractivity contribution in [1.82, 2.24) is 20.2 Å². The Hall–Kier alpha value is -3.30. The maximum absolute atomic E-state index is 12.3. The van der Waals surface area contributed by atoms with Crippen molar-refractivity contribution in [2.45, 2.75) is 19.3 Å². The van der Waals surface area contributed by atoms with Gasteiger partial charge in [0.25, 0.3) is 0 Å². The van der Waals surface area contributed by atoms with E-state index in [9.17, 15) is 4.79 Å². The maximum Gasteiger partial charge on any atom is 0.319 e. The summed E-state index contributed by atoms with van der Waals surface area (Å²) in [6, 6.07) is 8.25. The topological polar surface area (TPSA) is 97.8 Å². The van der Waals surface area contributed by atoms with Gasteiger partial charge in [0.05, 0.1) is 35.8 Å². The van der Waals surface area contributed by atoms with E-state index in [2.05, 4.69) is 25.5 Å². The molecule has 1 saturated heterocycles. The lowest BCUT2D eigenvalue weighted by Gasteiger charge is -2.26. The highest BCUT2D eigenvalue weighted by Crippen LogP contribution is 2.36. The third-order valence-corrected chi connectivity index (χ3v) is 5.98. The fraction of sp³-hybridized carbons (Fsp3) is 0.375. The molecule has 4 rings (SSSR count). The van der Waals surface area contributed by atoms with Crippen LogP contribution in [0.1, 0.15) is 19.3 Å². The minimum absolute atomic E-state index is 0.296. The van der Waals surface area contributed by atoms with Crippen LogP contribution in [0.3, 0.4) is 0 Å². The van der Waals surface area contributed by atoms with Crippen molar-refractivity contribution in [1.29, 1.82) is 0 Å². The number of hydrogen-bond acceptors (Lipinski definition) is 7. The Bertz CT molecular complexity index is 1150. The van der Waals surface area contributed by atoms with Gasteiger partial charge < -0.3 is 29.7 Å². The van der Waals surface area contributed by atoms with Gasteiger partial charge >= 0.3 is 6.03 Å². The van der Waals surface area contributed by atoms with E-state index in [1.54, 1.807) is 44.6 Å². The van der Waals surface area contributed by atoms with Gasteiger partial charge in [0, 0.05) is 25.2 Å². The third kappa shape index (κ3) is 5.78. The van der Waals surface area contributed by atoms with Crippen LogP contribution in [0.25, 0.3) is 10.9 Å². The molecule has 1 fully saturated rings. The van der Waals surface area contributed by atoms with E-state index in [0.29, 0.717) is 51.3 Å². The molecule has 0 unspecified atom stereocenters. The molecular formula is C24H28ClN5O4. The van der Waals surface area contributed by atoms with Crippen molar-refractivity contribution in [3.8, 4) is 23.1 Å². The number of amides is 2. The smallest absolute Gasteiger partial charge is 0.319 e. The van der Waals surface area contributed by atoms with Crippen LogP contribution in [-0.4, -0.2) is 61.3 Å². The second-order valence-corrected chi connectivity index (χ2v) is 8.34. The number of ether oxygens (including phenoxy) is 3. The van der Waals surface area contributed by atoms with Gasteiger partial charge in [-0.2, -0.15) is 0 Å². The molecule has 9 nitrogen and oxygen atoms in total. The number of urea groups is 1. The number of halogens is 1. The number of hydrogen-bond donors (Lipinski definition) is 2. The molecule has 10 heteroatoms. The van der Waals surface area contributed by atoms with E-state index in [-0.39, 0.29) is 6.03 Å². The van der Waals surface area contributed by atoms with Crippen molar-refractivity contribution >= 4 is 34.2 Å². The van der Waals surface area contributed by atoms with Gasteiger partial charge in [0.1, 0.15) is 12.1 Å². The van der Waals surface area contributed by atoms with Gasteiger partial charge in [0.2, 0.25) is 5.88 Å². The Kier molecular flexibility index (Phi) is 7.87. The van der Waals surface area contributed by atoms with Gasteiger partial charge in [-0.1, -0.05) is 18.0 Å². The van der Waals surface area contributed by atoms with Crippen molar-refractivity contribution in [3.05, 3.63) is 41.7 Å². The number of methoxy groups -OCH3 is 2. The summed E-state index contributed by atoms with van der Waals surface area (Å²) < 4.78 is 16.7. The number of benzene rings is 2. The van der Waals surface area contributed by atoms with Crippen molar-refractivity contribution in [2.75, 3.05) is 45.7 Å². The predicted octanol–water partition coefficient (Wildman–Crippen LogP) is 4.70. The molecule has 1 aromatic heterocycles. The SMILES string of the molecule is COc1cc2ncnc(Oc3ccc(NC(=O)NCCN4CCCCC4)c(Cl)c3)c2cc1OC. The van der Waals surface area contributed by atoms with E-state index in [0.717, 1.165) is 19.6 Å². The molecule has 180 valence electrons. The summed E-state index contributed by atoms with van der Waals surface area (Å²) >= 11 is 6.40. The number of aromatic nitrogens is 2. The normalized spacial score (nSPS) is 14.0. The Balaban J connectivity index is 1.40. The summed E-state index contributed by atoms with van der Waals surface area (Å²) in [6.07, 6.45) is 5.15. The van der Waals surface area contributed by atoms with E-state index in [4.69, 9.17) is 25.8 Å². The lowest BCUT2D eigenvalue weighted by atomic mass is 10.1. The number of carbonyl (C=O) groups excluding carboxylic acids is 1. The Morgan fingerprint density at radius 2 is 1.82 bits per heavy atom. The molecule has 0 radical (unpaired) electrons. The molecule has 1 aliphatic heterocycles. The van der Waals surface area contributed by atoms with Crippen LogP contribution >= 0.6 is 11.6 Å². The quantitative estimate of drug-likeness (QED) is 0.477. The predicted molar refractivity (Wildman–Crippen MR) is 131 cm³/mol. The number of nitrogens with zero attached hydrogens (tertiary/aromatic N) is 3. The van der Waals surface area contributed by atoms with E-state index < -0.39 is 0 Å². The van der Waals surface area contributed by atoms with Gasteiger partial charge in [-0.15, -0.1) is 0 Å². The van der Waals surface area contributed by atoms with E-state index >= 15 is 0 Å². The van der Waals surface area contributed by atoms with Crippen LogP contribution in [0.2, 0.25) is 5.02 Å². The summed E-state index contributed by atoms with van der Waals surface area (Å²) in [4.78, 5) is 23.2. The summed E-state index contributed by atoms with van der Waals surface area (Å²) in [5, 5.41) is 6.67. The summed E-state index contributed by atoms with van der Waals surface area (Å²) in [7, 11) is 3.12. The lowest BCUT2D eigenvalue weighted by molar-refractivity contribution is 0.224. The Morgan fingerprint density at radius 1 is 1.06 bits per heavy atom. The average Bonchev–Trinajstić information content (AvgIpc) is 2.85. The first-order valence-corrected chi connectivity index (χ1v) is 11.6. The van der Waals surface area contributed by atoms with Crippen molar-refractivity contribution in [3.63, 3.8) is 0 Å². The molecule has 1 aliphatic rings. The fourth-order valence-electron chi connectivity index (χ4n) is 3.89. The molecule has 3 aromatic rings. The standard InChI is InChI=1S/C24H28ClN5O4/c1-32-21-13-17-20(14-22(21)33-2)27-15-28-23(17)34-16-6-7-19(18(25)12-16)29-24(31)26-8-11-30-9-4-3-5-10-30/h6-7,12-15H,3-5,8-11H2,1-2H3,(H2,26,29,31). The van der Waals surface area contributed by atoms with Crippen LogP contribution < -0.4 is 24.8 Å². The lowest BCUT2D eigenvalue weighted by Crippen LogP contribution is -2.39. The van der Waals surface area contributed by atoms with Gasteiger partial charge in [-0.3, -0.25) is 0 Å². The second-order valence-electron chi connectivity index (χ2n) is 7.93. The molecule has 0 aliphatic carbocycles. The second kappa shape index (κ2) is 11.2. The first-order valence-electron chi connectivity index (χ1n) is 11.2. The summed E-state index contributed by atoms with van der Waals surface area (Å²) in [5.74, 6) is 1.92. The molecule has 0 bridgehead atoms. The molecule has 0 saturated carbocycles. The zero-order valence-corrected chi connectivity index (χ0v) is 20.0. The number of likely N-dealkylation sites (tertiary alicyclic amines) is 1. The van der Waals surface area contributed by atoms with Crippen LogP contribution in [0.4, 0.5) is 10.5 Å². The number of carbonyl (C=O) groups is 1. The van der Waals surface area contributed by atoms with Crippen LogP contribution in [0.5, 0.6) is 23.1 Å². The van der Waals surface area contributed by atoms with Gasteiger partial charge in [-0.05, 0) is 44.1 Å². The maximum atomic E-state index is 12.3. The van der Waals surface area contributed by atoms with Crippen LogP contribution in [-0.2, 0) is 0 Å². The molecule has 34 heavy (non-hydrogen) atoms. The zero-order chi connectivity index (χ0) is 23.9. The van der Waals surface area contributed by atoms with Crippen molar-refractivity contribution in [2.24, 2.45) is 0 Å². The molecule has 0 atom stereocenters. The third-order valence-electron chi connectivity index (χ3n) is 5.67. The highest BCUT2D eigenvalue weighted by molar-refractivity contribution is 6.33. The highest BCUT2D eigenvalue weighted by Gasteiger charge is 2.14. The first kappa shape index (κ1) is 23.8. The first-order chi connectivity index (χ1) is 16.6. The number of piperidine rings is 1. The Morgan fingerprint density at radius 3 is 2.56 bits per heavy atom. The minimum atomic E-state index is -0.296. The number of rotatable bonds is 8. The monoisotopic (exact) mass is 485 g/mol.